The monoisotopic (exact) mass is 1150 g/mol. The van der Waals surface area contributed by atoms with Crippen molar-refractivity contribution in [2.75, 3.05) is 47.5 Å². The lowest BCUT2D eigenvalue weighted by Crippen LogP contribution is -2.37. The second kappa shape index (κ2) is 62.3. The summed E-state index contributed by atoms with van der Waals surface area (Å²) in [5, 5.41) is 0. The first kappa shape index (κ1) is 78.8. The SMILES string of the molecule is CCCCCCCCCC/C=C\CCCCCCCCCCCCCCCCCCCCCCCCCCCCCCCC(=O)OC(COC(=O)CCCCCCCCCCCCCCCCC)COP(=O)([O-])OCC[N+](C)(C)C. The molecule has 0 saturated carbocycles. The molecule has 0 amide bonds. The van der Waals surface area contributed by atoms with E-state index in [1.165, 1.54) is 308 Å². The summed E-state index contributed by atoms with van der Waals surface area (Å²) in [6.07, 6.45) is 76.1. The van der Waals surface area contributed by atoms with E-state index < -0.39 is 26.5 Å². The first-order valence-electron chi connectivity index (χ1n) is 35.4. The molecule has 9 nitrogen and oxygen atoms in total. The summed E-state index contributed by atoms with van der Waals surface area (Å²) in [6.45, 7) is 4.31. The van der Waals surface area contributed by atoms with Gasteiger partial charge in [-0.05, 0) is 38.5 Å². The quantitative estimate of drug-likeness (QED) is 0.0195. The van der Waals surface area contributed by atoms with Crippen molar-refractivity contribution in [3.05, 3.63) is 12.2 Å². The van der Waals surface area contributed by atoms with Gasteiger partial charge in [0.25, 0.3) is 7.82 Å². The highest BCUT2D eigenvalue weighted by Crippen LogP contribution is 2.38. The fraction of sp³-hybridized carbons (Fsp3) is 0.943. The Hall–Kier alpha value is -1.25. The fourth-order valence-electron chi connectivity index (χ4n) is 10.8. The van der Waals surface area contributed by atoms with Crippen LogP contribution >= 0.6 is 7.82 Å². The standard InChI is InChI=1S/C70H138NO8P/c1-6-8-10-12-14-16-18-20-22-23-24-25-26-27-28-29-30-31-32-33-34-35-36-37-38-39-40-41-42-43-44-45-46-47-49-51-53-55-57-59-61-63-70(73)79-68(67-78-80(74,75)77-65-64-71(3,4)5)66-76-69(72)62-60-58-56-54-52-50-48-21-19-17-15-13-11-9-7-2/h23-24,68H,6-22,25-67H2,1-5H3/b24-23-. The van der Waals surface area contributed by atoms with Crippen LogP contribution in [0.1, 0.15) is 373 Å². The fourth-order valence-corrected chi connectivity index (χ4v) is 11.6. The number of hydrogen-bond donors (Lipinski definition) is 0. The molecule has 0 radical (unpaired) electrons. The van der Waals surface area contributed by atoms with Crippen LogP contribution in [0.25, 0.3) is 0 Å². The molecule has 0 aliphatic rings. The molecule has 0 bridgehead atoms. The molecular weight excluding hydrogens is 1010 g/mol. The van der Waals surface area contributed by atoms with Crippen LogP contribution in [0.15, 0.2) is 12.2 Å². The van der Waals surface area contributed by atoms with Gasteiger partial charge in [0.2, 0.25) is 0 Å². The molecule has 10 heteroatoms. The molecule has 0 heterocycles. The van der Waals surface area contributed by atoms with Crippen LogP contribution in [0, 0.1) is 0 Å². The lowest BCUT2D eigenvalue weighted by Gasteiger charge is -2.28. The topological polar surface area (TPSA) is 111 Å². The predicted molar refractivity (Wildman–Crippen MR) is 342 cm³/mol. The zero-order valence-corrected chi connectivity index (χ0v) is 55.2. The van der Waals surface area contributed by atoms with Crippen molar-refractivity contribution in [3.8, 4) is 0 Å². The molecule has 2 unspecified atom stereocenters. The number of esters is 2. The van der Waals surface area contributed by atoms with Crippen LogP contribution < -0.4 is 4.89 Å². The summed E-state index contributed by atoms with van der Waals surface area (Å²) in [5.74, 6) is -0.809. The first-order chi connectivity index (χ1) is 39.0. The molecule has 0 aromatic heterocycles. The number of phosphoric acid groups is 1. The van der Waals surface area contributed by atoms with Gasteiger partial charge in [0.15, 0.2) is 6.10 Å². The smallest absolute Gasteiger partial charge is 0.306 e. The summed E-state index contributed by atoms with van der Waals surface area (Å²) in [4.78, 5) is 37.9. The Labute approximate surface area is 498 Å². The third kappa shape index (κ3) is 65.9. The Morgan fingerprint density at radius 2 is 0.637 bits per heavy atom. The van der Waals surface area contributed by atoms with Crippen LogP contribution in [0.4, 0.5) is 0 Å². The largest absolute Gasteiger partial charge is 0.756 e. The highest BCUT2D eigenvalue weighted by atomic mass is 31.2. The number of allylic oxidation sites excluding steroid dienone is 2. The maximum absolute atomic E-state index is 12.8. The van der Waals surface area contributed by atoms with Crippen molar-refractivity contribution in [2.45, 2.75) is 380 Å². The molecule has 0 spiro atoms. The van der Waals surface area contributed by atoms with Crippen molar-refractivity contribution in [1.82, 2.24) is 0 Å². The molecule has 0 aliphatic heterocycles. The highest BCUT2D eigenvalue weighted by molar-refractivity contribution is 7.45. The molecule has 0 fully saturated rings. The summed E-state index contributed by atoms with van der Waals surface area (Å²) >= 11 is 0. The summed E-state index contributed by atoms with van der Waals surface area (Å²) < 4.78 is 34.2. The van der Waals surface area contributed by atoms with Crippen LogP contribution in [-0.4, -0.2) is 70.0 Å². The molecular formula is C70H138NO8P. The summed E-state index contributed by atoms with van der Waals surface area (Å²) in [5.41, 5.74) is 0. The number of likely N-dealkylation sites (N-methyl/N-ethyl adjacent to an activating group) is 1. The number of nitrogens with zero attached hydrogens (tertiary/aromatic N) is 1. The highest BCUT2D eigenvalue weighted by Gasteiger charge is 2.22. The molecule has 0 rings (SSSR count). The van der Waals surface area contributed by atoms with E-state index >= 15 is 0 Å². The van der Waals surface area contributed by atoms with Crippen molar-refractivity contribution in [3.63, 3.8) is 0 Å². The van der Waals surface area contributed by atoms with E-state index in [1.807, 2.05) is 21.1 Å². The first-order valence-corrected chi connectivity index (χ1v) is 36.9. The molecule has 476 valence electrons. The number of hydrogen-bond acceptors (Lipinski definition) is 8. The van der Waals surface area contributed by atoms with Crippen LogP contribution in [0.5, 0.6) is 0 Å². The minimum Gasteiger partial charge on any atom is -0.756 e. The maximum atomic E-state index is 12.8. The van der Waals surface area contributed by atoms with E-state index in [-0.39, 0.29) is 32.0 Å². The Kier molecular flexibility index (Phi) is 61.3. The van der Waals surface area contributed by atoms with Crippen molar-refractivity contribution in [2.24, 2.45) is 0 Å². The molecule has 80 heavy (non-hydrogen) atoms. The Morgan fingerprint density at radius 3 is 0.925 bits per heavy atom. The van der Waals surface area contributed by atoms with Crippen molar-refractivity contribution in [1.29, 1.82) is 0 Å². The maximum Gasteiger partial charge on any atom is 0.306 e. The molecule has 0 aliphatic carbocycles. The minimum atomic E-state index is -4.63. The zero-order chi connectivity index (χ0) is 58.4. The van der Waals surface area contributed by atoms with Crippen LogP contribution in [0.3, 0.4) is 0 Å². The number of carbonyl (C=O) groups is 2. The van der Waals surface area contributed by atoms with Crippen LogP contribution in [-0.2, 0) is 32.7 Å². The van der Waals surface area contributed by atoms with E-state index in [9.17, 15) is 19.0 Å². The minimum absolute atomic E-state index is 0.0256. The lowest BCUT2D eigenvalue weighted by molar-refractivity contribution is -0.870. The number of quaternary nitrogens is 1. The molecule has 2 atom stereocenters. The van der Waals surface area contributed by atoms with Gasteiger partial charge in [-0.3, -0.25) is 14.2 Å². The molecule has 0 aromatic carbocycles. The predicted octanol–water partition coefficient (Wildman–Crippen LogP) is 22.1. The van der Waals surface area contributed by atoms with Gasteiger partial charge >= 0.3 is 11.9 Å². The van der Waals surface area contributed by atoms with Gasteiger partial charge in [0, 0.05) is 12.8 Å². The Morgan fingerprint density at radius 1 is 0.375 bits per heavy atom. The number of rotatable bonds is 67. The van der Waals surface area contributed by atoms with E-state index in [2.05, 4.69) is 26.0 Å². The van der Waals surface area contributed by atoms with Gasteiger partial charge < -0.3 is 27.9 Å². The van der Waals surface area contributed by atoms with E-state index in [0.29, 0.717) is 17.4 Å². The zero-order valence-electron chi connectivity index (χ0n) is 54.3. The summed E-state index contributed by atoms with van der Waals surface area (Å²) in [6, 6.07) is 0. The third-order valence-corrected chi connectivity index (χ3v) is 17.2. The average Bonchev–Trinajstić information content (AvgIpc) is 3.42. The Bertz CT molecular complexity index is 1350. The van der Waals surface area contributed by atoms with E-state index in [0.717, 1.165) is 32.1 Å². The van der Waals surface area contributed by atoms with Crippen molar-refractivity contribution >= 4 is 19.8 Å². The van der Waals surface area contributed by atoms with Gasteiger partial charge in [-0.15, -0.1) is 0 Å². The number of carbonyl (C=O) groups excluding carboxylic acids is 2. The average molecular weight is 1150 g/mol. The number of phosphoric ester groups is 1. The van der Waals surface area contributed by atoms with Crippen LogP contribution in [0.2, 0.25) is 0 Å². The molecule has 0 N–H and O–H groups in total. The van der Waals surface area contributed by atoms with Gasteiger partial charge in [-0.1, -0.05) is 334 Å². The number of ether oxygens (including phenoxy) is 2. The second-order valence-electron chi connectivity index (χ2n) is 25.6. The Balaban J connectivity index is 3.81. The van der Waals surface area contributed by atoms with Gasteiger partial charge in [-0.2, -0.15) is 0 Å². The van der Waals surface area contributed by atoms with Crippen molar-refractivity contribution < 1.29 is 42.1 Å². The lowest BCUT2D eigenvalue weighted by atomic mass is 10.0. The van der Waals surface area contributed by atoms with E-state index in [4.69, 9.17) is 18.5 Å². The molecule has 0 saturated heterocycles. The van der Waals surface area contributed by atoms with Gasteiger partial charge in [0.05, 0.1) is 27.7 Å². The summed E-state index contributed by atoms with van der Waals surface area (Å²) in [7, 11) is 1.19. The second-order valence-corrected chi connectivity index (χ2v) is 27.0. The number of unbranched alkanes of at least 4 members (excludes halogenated alkanes) is 51. The normalized spacial score (nSPS) is 13.1. The van der Waals surface area contributed by atoms with Gasteiger partial charge in [0.1, 0.15) is 19.8 Å². The van der Waals surface area contributed by atoms with Gasteiger partial charge in [-0.25, -0.2) is 0 Å². The molecule has 0 aromatic rings. The van der Waals surface area contributed by atoms with E-state index in [1.54, 1.807) is 0 Å². The third-order valence-electron chi connectivity index (χ3n) is 16.3.